The Morgan fingerprint density at radius 1 is 1.54 bits per heavy atom. The van der Waals surface area contributed by atoms with E-state index in [1.807, 2.05) is 13.0 Å². The summed E-state index contributed by atoms with van der Waals surface area (Å²) in [6, 6.07) is 4.54. The molecule has 0 aliphatic carbocycles. The summed E-state index contributed by atoms with van der Waals surface area (Å²) in [7, 11) is 0. The van der Waals surface area contributed by atoms with Gasteiger partial charge in [-0.25, -0.2) is 9.37 Å². The van der Waals surface area contributed by atoms with Crippen molar-refractivity contribution in [3.05, 3.63) is 28.5 Å². The van der Waals surface area contributed by atoms with E-state index >= 15 is 0 Å². The minimum atomic E-state index is -0.408. The molecule has 0 bridgehead atoms. The third-order valence-electron chi connectivity index (χ3n) is 1.68. The molecule has 13 heavy (non-hydrogen) atoms. The zero-order valence-electron chi connectivity index (χ0n) is 6.84. The van der Waals surface area contributed by atoms with Crippen molar-refractivity contribution in [2.75, 3.05) is 0 Å². The predicted molar refractivity (Wildman–Crippen MR) is 49.0 cm³/mol. The second-order valence-corrected chi connectivity index (χ2v) is 3.85. The normalized spacial score (nSPS) is 10.2. The van der Waals surface area contributed by atoms with Crippen LogP contribution < -0.4 is 0 Å². The van der Waals surface area contributed by atoms with Crippen molar-refractivity contribution in [3.63, 3.8) is 0 Å². The molecule has 2 aromatic rings. The number of halogens is 1. The number of hydrogen-bond acceptors (Lipinski definition) is 3. The lowest BCUT2D eigenvalue weighted by atomic mass is 10.2. The molecule has 4 heteroatoms. The number of aromatic nitrogens is 1. The molecule has 1 aromatic heterocycles. The first-order valence-corrected chi connectivity index (χ1v) is 4.49. The van der Waals surface area contributed by atoms with Gasteiger partial charge in [0, 0.05) is 6.07 Å². The van der Waals surface area contributed by atoms with E-state index in [9.17, 15) is 4.39 Å². The highest BCUT2D eigenvalue weighted by Gasteiger charge is 2.07. The van der Waals surface area contributed by atoms with E-state index in [0.29, 0.717) is 11.1 Å². The van der Waals surface area contributed by atoms with Gasteiger partial charge in [-0.2, -0.15) is 5.26 Å². The van der Waals surface area contributed by atoms with Crippen molar-refractivity contribution >= 4 is 21.6 Å². The molecule has 0 radical (unpaired) electrons. The second-order valence-electron chi connectivity index (χ2n) is 2.65. The standard InChI is InChI=1S/C9H5FN2S/c1-5-12-8-3-7(10)2-6(4-11)9(8)13-5/h2-3H,1H3. The van der Waals surface area contributed by atoms with Crippen molar-refractivity contribution < 1.29 is 4.39 Å². The molecule has 0 unspecified atom stereocenters. The van der Waals surface area contributed by atoms with Crippen molar-refractivity contribution in [2.45, 2.75) is 6.92 Å². The maximum atomic E-state index is 12.9. The molecule has 0 spiro atoms. The average Bonchev–Trinajstić information content (AvgIpc) is 2.43. The van der Waals surface area contributed by atoms with Gasteiger partial charge >= 0.3 is 0 Å². The predicted octanol–water partition coefficient (Wildman–Crippen LogP) is 2.62. The van der Waals surface area contributed by atoms with Gasteiger partial charge in [0.1, 0.15) is 11.9 Å². The van der Waals surface area contributed by atoms with Crippen LogP contribution in [0.2, 0.25) is 0 Å². The van der Waals surface area contributed by atoms with Crippen LogP contribution in [0.5, 0.6) is 0 Å². The first kappa shape index (κ1) is 8.14. The van der Waals surface area contributed by atoms with Gasteiger partial charge in [-0.1, -0.05) is 0 Å². The molecule has 0 aliphatic heterocycles. The highest BCUT2D eigenvalue weighted by atomic mass is 32.1. The van der Waals surface area contributed by atoms with Gasteiger partial charge in [-0.05, 0) is 13.0 Å². The maximum absolute atomic E-state index is 12.9. The van der Waals surface area contributed by atoms with Crippen molar-refractivity contribution in [1.82, 2.24) is 4.98 Å². The second kappa shape index (κ2) is 2.79. The van der Waals surface area contributed by atoms with Crippen molar-refractivity contribution in [3.8, 4) is 6.07 Å². The molecule has 0 atom stereocenters. The molecule has 0 aliphatic rings. The van der Waals surface area contributed by atoms with Crippen LogP contribution in [0, 0.1) is 24.1 Å². The minimum Gasteiger partial charge on any atom is -0.241 e. The fraction of sp³-hybridized carbons (Fsp3) is 0.111. The Hall–Kier alpha value is -1.47. The molecule has 0 fully saturated rings. The smallest absolute Gasteiger partial charge is 0.126 e. The van der Waals surface area contributed by atoms with E-state index < -0.39 is 5.82 Å². The van der Waals surface area contributed by atoms with Crippen LogP contribution in [0.15, 0.2) is 12.1 Å². The van der Waals surface area contributed by atoms with Crippen LogP contribution in [-0.4, -0.2) is 4.98 Å². The molecule has 0 saturated carbocycles. The van der Waals surface area contributed by atoms with Gasteiger partial charge < -0.3 is 0 Å². The van der Waals surface area contributed by atoms with Crippen LogP contribution >= 0.6 is 11.3 Å². The first-order chi connectivity index (χ1) is 6.20. The lowest BCUT2D eigenvalue weighted by Crippen LogP contribution is -1.79. The maximum Gasteiger partial charge on any atom is 0.126 e. The molecule has 2 rings (SSSR count). The van der Waals surface area contributed by atoms with Gasteiger partial charge in [0.05, 0.1) is 20.8 Å². The minimum absolute atomic E-state index is 0.362. The molecule has 1 heterocycles. The van der Waals surface area contributed by atoms with Crippen molar-refractivity contribution in [2.24, 2.45) is 0 Å². The Morgan fingerprint density at radius 2 is 2.31 bits per heavy atom. The van der Waals surface area contributed by atoms with Gasteiger partial charge in [-0.15, -0.1) is 11.3 Å². The Kier molecular flexibility index (Phi) is 1.74. The molecule has 0 N–H and O–H groups in total. The fourth-order valence-corrected chi connectivity index (χ4v) is 2.06. The zero-order valence-corrected chi connectivity index (χ0v) is 7.65. The van der Waals surface area contributed by atoms with Gasteiger partial charge in [0.15, 0.2) is 0 Å². The van der Waals surface area contributed by atoms with E-state index in [0.717, 1.165) is 9.71 Å². The Balaban J connectivity index is 2.90. The van der Waals surface area contributed by atoms with E-state index in [4.69, 9.17) is 5.26 Å². The lowest BCUT2D eigenvalue weighted by Gasteiger charge is -1.91. The molecule has 2 nitrogen and oxygen atoms in total. The van der Waals surface area contributed by atoms with Crippen LogP contribution in [0.1, 0.15) is 10.6 Å². The topological polar surface area (TPSA) is 36.7 Å². The van der Waals surface area contributed by atoms with E-state index in [1.165, 1.54) is 23.5 Å². The largest absolute Gasteiger partial charge is 0.241 e. The summed E-state index contributed by atoms with van der Waals surface area (Å²) in [4.78, 5) is 4.11. The summed E-state index contributed by atoms with van der Waals surface area (Å²) in [6.07, 6.45) is 0. The van der Waals surface area contributed by atoms with Gasteiger partial charge in [0.25, 0.3) is 0 Å². The first-order valence-electron chi connectivity index (χ1n) is 3.67. The van der Waals surface area contributed by atoms with Crippen LogP contribution in [0.4, 0.5) is 4.39 Å². The van der Waals surface area contributed by atoms with E-state index in [-0.39, 0.29) is 0 Å². The summed E-state index contributed by atoms with van der Waals surface area (Å²) in [5.41, 5.74) is 0.930. The SMILES string of the molecule is Cc1nc2cc(F)cc(C#N)c2s1. The fourth-order valence-electron chi connectivity index (χ4n) is 1.19. The molecular weight excluding hydrogens is 187 g/mol. The molecule has 0 amide bonds. The summed E-state index contributed by atoms with van der Waals surface area (Å²) < 4.78 is 13.7. The Labute approximate surface area is 78.3 Å². The zero-order chi connectivity index (χ0) is 9.42. The third-order valence-corrected chi connectivity index (χ3v) is 2.70. The Bertz CT molecular complexity index is 510. The highest BCUT2D eigenvalue weighted by Crippen LogP contribution is 2.25. The number of nitriles is 1. The third kappa shape index (κ3) is 1.27. The molecule has 0 saturated heterocycles. The van der Waals surface area contributed by atoms with E-state index in [2.05, 4.69) is 4.98 Å². The summed E-state index contributed by atoms with van der Waals surface area (Å²) >= 11 is 1.41. The van der Waals surface area contributed by atoms with Crippen molar-refractivity contribution in [1.29, 1.82) is 5.26 Å². The van der Waals surface area contributed by atoms with Crippen LogP contribution in [0.3, 0.4) is 0 Å². The monoisotopic (exact) mass is 192 g/mol. The molecular formula is C9H5FN2S. The highest BCUT2D eigenvalue weighted by molar-refractivity contribution is 7.18. The average molecular weight is 192 g/mol. The number of aryl methyl sites for hydroxylation is 1. The van der Waals surface area contributed by atoms with E-state index in [1.54, 1.807) is 0 Å². The number of nitrogens with zero attached hydrogens (tertiary/aromatic N) is 2. The Morgan fingerprint density at radius 3 is 3.00 bits per heavy atom. The van der Waals surface area contributed by atoms with Gasteiger partial charge in [-0.3, -0.25) is 0 Å². The summed E-state index contributed by atoms with van der Waals surface area (Å²) in [5, 5.41) is 9.58. The lowest BCUT2D eigenvalue weighted by molar-refractivity contribution is 0.629. The number of hydrogen-bond donors (Lipinski definition) is 0. The molecule has 64 valence electrons. The molecule has 1 aromatic carbocycles. The number of thiazole rings is 1. The van der Waals surface area contributed by atoms with Gasteiger partial charge in [0.2, 0.25) is 0 Å². The quantitative estimate of drug-likeness (QED) is 0.643. The number of fused-ring (bicyclic) bond motifs is 1. The van der Waals surface area contributed by atoms with Crippen LogP contribution in [0.25, 0.3) is 10.2 Å². The number of rotatable bonds is 0. The number of benzene rings is 1. The van der Waals surface area contributed by atoms with Crippen LogP contribution in [-0.2, 0) is 0 Å². The summed E-state index contributed by atoms with van der Waals surface area (Å²) in [6.45, 7) is 1.84. The summed E-state index contributed by atoms with van der Waals surface area (Å²) in [5.74, 6) is -0.408.